The van der Waals surface area contributed by atoms with Crippen LogP contribution in [0.1, 0.15) is 23.7 Å². The van der Waals surface area contributed by atoms with Gasteiger partial charge in [-0.1, -0.05) is 6.92 Å². The molecule has 0 aliphatic heterocycles. The van der Waals surface area contributed by atoms with Crippen molar-refractivity contribution in [2.45, 2.75) is 19.5 Å². The molecule has 0 aliphatic rings. The molecule has 2 nitrogen and oxygen atoms in total. The van der Waals surface area contributed by atoms with Gasteiger partial charge in [-0.05, 0) is 0 Å². The lowest BCUT2D eigenvalue weighted by molar-refractivity contribution is -0.121. The van der Waals surface area contributed by atoms with Gasteiger partial charge < -0.3 is 0 Å². The molecule has 0 saturated carbocycles. The minimum absolute atomic E-state index is 0.470. The van der Waals surface area contributed by atoms with Crippen molar-refractivity contribution in [2.24, 2.45) is 0 Å². The Morgan fingerprint density at radius 2 is 1.26 bits per heavy atom. The van der Waals surface area contributed by atoms with Gasteiger partial charge in [0, 0.05) is 6.42 Å². The molecule has 8 heteroatoms. The maximum Gasteiger partial charge on any atom is 0.221 e. The van der Waals surface area contributed by atoms with E-state index in [9.17, 15) is 35.9 Å². The van der Waals surface area contributed by atoms with E-state index >= 15 is 0 Å². The van der Waals surface area contributed by atoms with Gasteiger partial charge in [0.05, 0.1) is 5.56 Å². The molecule has 1 aromatic rings. The summed E-state index contributed by atoms with van der Waals surface area (Å²) in [4.78, 5) is 22.2. The van der Waals surface area contributed by atoms with Crippen LogP contribution in [0.15, 0.2) is 0 Å². The van der Waals surface area contributed by atoms with Crippen LogP contribution < -0.4 is 0 Å². The predicted octanol–water partition coefficient (Wildman–Crippen LogP) is 2.88. The summed E-state index contributed by atoms with van der Waals surface area (Å²) in [5.41, 5.74) is -1.95. The van der Waals surface area contributed by atoms with Crippen molar-refractivity contribution in [2.75, 3.05) is 0 Å². The van der Waals surface area contributed by atoms with Crippen molar-refractivity contribution in [3.63, 3.8) is 0 Å². The van der Waals surface area contributed by atoms with Gasteiger partial charge in [0.15, 0.2) is 29.1 Å². The SMILES string of the molecule is CCC(=O)C(F)C(=O)c1c(F)c(F)c(F)c(F)c1F. The van der Waals surface area contributed by atoms with E-state index in [1.165, 1.54) is 6.92 Å². The van der Waals surface area contributed by atoms with Crippen molar-refractivity contribution in [1.29, 1.82) is 0 Å². The third kappa shape index (κ3) is 2.47. The summed E-state index contributed by atoms with van der Waals surface area (Å²) in [6.45, 7) is 1.17. The summed E-state index contributed by atoms with van der Waals surface area (Å²) < 4.78 is 77.8. The fraction of sp³-hybridized carbons (Fsp3) is 0.273. The van der Waals surface area contributed by atoms with E-state index in [0.717, 1.165) is 0 Å². The lowest BCUT2D eigenvalue weighted by Crippen LogP contribution is -2.28. The van der Waals surface area contributed by atoms with Crippen LogP contribution in [0.3, 0.4) is 0 Å². The first-order valence-corrected chi connectivity index (χ1v) is 4.96. The topological polar surface area (TPSA) is 34.1 Å². The van der Waals surface area contributed by atoms with Crippen LogP contribution in [-0.2, 0) is 4.79 Å². The summed E-state index contributed by atoms with van der Waals surface area (Å²) in [5.74, 6) is -15.6. The Balaban J connectivity index is 3.44. The Kier molecular flexibility index (Phi) is 4.33. The number of benzene rings is 1. The van der Waals surface area contributed by atoms with Crippen LogP contribution in [0.2, 0.25) is 0 Å². The second kappa shape index (κ2) is 5.41. The molecular weight excluding hydrogens is 278 g/mol. The molecular formula is C11H6F6O2. The minimum atomic E-state index is -2.97. The number of halogens is 6. The number of hydrogen-bond donors (Lipinski definition) is 0. The number of Topliss-reactive ketones (excluding diaryl/α,β-unsaturated/α-hetero) is 2. The van der Waals surface area contributed by atoms with Crippen LogP contribution in [0.25, 0.3) is 0 Å². The Bertz CT molecular complexity index is 526. The smallest absolute Gasteiger partial charge is 0.221 e. The zero-order chi connectivity index (χ0) is 14.9. The molecule has 19 heavy (non-hydrogen) atoms. The molecule has 1 atom stereocenters. The predicted molar refractivity (Wildman–Crippen MR) is 50.8 cm³/mol. The van der Waals surface area contributed by atoms with E-state index in [4.69, 9.17) is 0 Å². The van der Waals surface area contributed by atoms with Crippen LogP contribution >= 0.6 is 0 Å². The van der Waals surface area contributed by atoms with Crippen molar-refractivity contribution in [1.82, 2.24) is 0 Å². The van der Waals surface area contributed by atoms with Gasteiger partial charge >= 0.3 is 0 Å². The van der Waals surface area contributed by atoms with E-state index in [-0.39, 0.29) is 0 Å². The molecule has 0 aliphatic carbocycles. The van der Waals surface area contributed by atoms with Gasteiger partial charge in [0.25, 0.3) is 0 Å². The Morgan fingerprint density at radius 1 is 0.895 bits per heavy atom. The average Bonchev–Trinajstić information content (AvgIpc) is 2.41. The summed E-state index contributed by atoms with van der Waals surface area (Å²) >= 11 is 0. The van der Waals surface area contributed by atoms with Gasteiger partial charge in [-0.25, -0.2) is 26.3 Å². The van der Waals surface area contributed by atoms with Crippen LogP contribution in [-0.4, -0.2) is 17.7 Å². The summed E-state index contributed by atoms with van der Waals surface area (Å²) in [6.07, 6.45) is -3.44. The molecule has 0 bridgehead atoms. The fourth-order valence-electron chi connectivity index (χ4n) is 1.27. The zero-order valence-corrected chi connectivity index (χ0v) is 9.37. The lowest BCUT2D eigenvalue weighted by atomic mass is 10.0. The van der Waals surface area contributed by atoms with E-state index in [2.05, 4.69) is 0 Å². The van der Waals surface area contributed by atoms with Gasteiger partial charge in [-0.2, -0.15) is 0 Å². The van der Waals surface area contributed by atoms with E-state index in [0.29, 0.717) is 0 Å². The quantitative estimate of drug-likeness (QED) is 0.280. The van der Waals surface area contributed by atoms with E-state index in [1.54, 1.807) is 0 Å². The highest BCUT2D eigenvalue weighted by atomic mass is 19.2. The molecule has 0 saturated heterocycles. The van der Waals surface area contributed by atoms with Crippen LogP contribution in [0.4, 0.5) is 26.3 Å². The zero-order valence-electron chi connectivity index (χ0n) is 9.37. The number of rotatable bonds is 4. The molecule has 0 heterocycles. The molecule has 104 valence electrons. The second-order valence-corrected chi connectivity index (χ2v) is 3.49. The van der Waals surface area contributed by atoms with Crippen molar-refractivity contribution < 1.29 is 35.9 Å². The van der Waals surface area contributed by atoms with E-state index < -0.39 is 58.8 Å². The van der Waals surface area contributed by atoms with Gasteiger partial charge in [-0.3, -0.25) is 9.59 Å². The largest absolute Gasteiger partial charge is 0.296 e. The van der Waals surface area contributed by atoms with Gasteiger partial charge in [0.2, 0.25) is 17.8 Å². The molecule has 1 unspecified atom stereocenters. The van der Waals surface area contributed by atoms with Crippen molar-refractivity contribution in [3.05, 3.63) is 34.6 Å². The highest BCUT2D eigenvalue weighted by molar-refractivity contribution is 6.13. The van der Waals surface area contributed by atoms with Crippen LogP contribution in [0, 0.1) is 29.1 Å². The first kappa shape index (κ1) is 15.2. The fourth-order valence-corrected chi connectivity index (χ4v) is 1.27. The molecule has 1 rings (SSSR count). The number of carbonyl (C=O) groups is 2. The first-order chi connectivity index (χ1) is 8.73. The Labute approximate surface area is 103 Å². The second-order valence-electron chi connectivity index (χ2n) is 3.49. The van der Waals surface area contributed by atoms with Gasteiger partial charge in [0.1, 0.15) is 0 Å². The van der Waals surface area contributed by atoms with E-state index in [1.807, 2.05) is 0 Å². The molecule has 0 aromatic heterocycles. The van der Waals surface area contributed by atoms with Crippen molar-refractivity contribution >= 4 is 11.6 Å². The number of ketones is 2. The van der Waals surface area contributed by atoms with Crippen LogP contribution in [0.5, 0.6) is 0 Å². The third-order valence-corrected chi connectivity index (χ3v) is 2.32. The number of hydrogen-bond acceptors (Lipinski definition) is 2. The maximum absolute atomic E-state index is 13.2. The molecule has 0 fully saturated rings. The normalized spacial score (nSPS) is 12.4. The average molecular weight is 284 g/mol. The Morgan fingerprint density at radius 3 is 1.63 bits per heavy atom. The third-order valence-electron chi connectivity index (χ3n) is 2.32. The molecule has 0 amide bonds. The highest BCUT2D eigenvalue weighted by Crippen LogP contribution is 2.24. The summed E-state index contributed by atoms with van der Waals surface area (Å²) in [7, 11) is 0. The molecule has 0 radical (unpaired) electrons. The molecule has 1 aromatic carbocycles. The maximum atomic E-state index is 13.2. The number of carbonyl (C=O) groups excluding carboxylic acids is 2. The monoisotopic (exact) mass is 284 g/mol. The molecule has 0 spiro atoms. The number of alkyl halides is 1. The first-order valence-electron chi connectivity index (χ1n) is 4.96. The molecule has 0 N–H and O–H groups in total. The minimum Gasteiger partial charge on any atom is -0.296 e. The van der Waals surface area contributed by atoms with Gasteiger partial charge in [-0.15, -0.1) is 0 Å². The highest BCUT2D eigenvalue weighted by Gasteiger charge is 2.35. The standard InChI is InChI=1S/C11H6F6O2/c1-2-3(18)5(12)11(19)4-6(13)8(15)10(17)9(16)7(4)14/h5H,2H2,1H3. The van der Waals surface area contributed by atoms with Crippen molar-refractivity contribution in [3.8, 4) is 0 Å². The Hall–Kier alpha value is -1.86. The summed E-state index contributed by atoms with van der Waals surface area (Å²) in [6, 6.07) is 0. The lowest BCUT2D eigenvalue weighted by Gasteiger charge is -2.09. The summed E-state index contributed by atoms with van der Waals surface area (Å²) in [5, 5.41) is 0.